The van der Waals surface area contributed by atoms with Gasteiger partial charge in [0.25, 0.3) is 0 Å². The summed E-state index contributed by atoms with van der Waals surface area (Å²) in [4.78, 5) is 0. The van der Waals surface area contributed by atoms with Gasteiger partial charge in [-0.15, -0.1) is 0 Å². The summed E-state index contributed by atoms with van der Waals surface area (Å²) >= 11 is 1.78. The average Bonchev–Trinajstić information content (AvgIpc) is 2.08. The number of aromatic hydroxyl groups is 3. The maximum atomic E-state index is 9.41. The highest BCUT2D eigenvalue weighted by atomic mass is 127. The third-order valence-electron chi connectivity index (χ3n) is 1.91. The van der Waals surface area contributed by atoms with Crippen LogP contribution in [0.25, 0.3) is 0 Å². The van der Waals surface area contributed by atoms with Crippen LogP contribution in [0.1, 0.15) is 11.1 Å². The van der Waals surface area contributed by atoms with Crippen LogP contribution in [0.4, 0.5) is 0 Å². The lowest BCUT2D eigenvalue weighted by Crippen LogP contribution is -1.87. The fraction of sp³-hybridized carbons (Fsp3) is 0.250. The van der Waals surface area contributed by atoms with Crippen molar-refractivity contribution in [2.75, 3.05) is 0 Å². The minimum absolute atomic E-state index is 0.0309. The molecule has 1 aromatic rings. The lowest BCUT2D eigenvalue weighted by Gasteiger charge is -2.09. The van der Waals surface area contributed by atoms with E-state index in [1.165, 1.54) is 0 Å². The number of halogens is 1. The van der Waals surface area contributed by atoms with Gasteiger partial charge in [-0.25, -0.2) is 0 Å². The first kappa shape index (κ1) is 9.44. The first-order valence-electron chi connectivity index (χ1n) is 3.36. The zero-order chi connectivity index (χ0) is 9.46. The first-order chi connectivity index (χ1) is 5.46. The molecule has 0 unspecified atom stereocenters. The molecule has 0 heterocycles. The molecule has 0 saturated carbocycles. The summed E-state index contributed by atoms with van der Waals surface area (Å²) in [5.74, 6) is -0.380. The van der Waals surface area contributed by atoms with Crippen molar-refractivity contribution in [1.82, 2.24) is 0 Å². The van der Waals surface area contributed by atoms with Gasteiger partial charge in [0.05, 0.1) is 0 Å². The summed E-state index contributed by atoms with van der Waals surface area (Å²) in [6.45, 7) is 3.33. The molecule has 0 radical (unpaired) electrons. The molecule has 0 aliphatic carbocycles. The third kappa shape index (κ3) is 1.20. The Labute approximate surface area is 83.8 Å². The van der Waals surface area contributed by atoms with E-state index in [2.05, 4.69) is 0 Å². The van der Waals surface area contributed by atoms with Crippen molar-refractivity contribution in [3.05, 3.63) is 14.7 Å². The number of hydrogen-bond donors (Lipinski definition) is 3. The van der Waals surface area contributed by atoms with Crippen molar-refractivity contribution in [3.63, 3.8) is 0 Å². The monoisotopic (exact) mass is 280 g/mol. The number of rotatable bonds is 0. The second-order valence-electron chi connectivity index (χ2n) is 2.61. The SMILES string of the molecule is Cc1c(C)c(O)c(I)c(O)c1O. The predicted octanol–water partition coefficient (Wildman–Crippen LogP) is 2.02. The Hall–Kier alpha value is -0.650. The Bertz CT molecular complexity index is 229. The Morgan fingerprint density at radius 2 is 1.25 bits per heavy atom. The molecule has 0 saturated heterocycles. The van der Waals surface area contributed by atoms with Crippen LogP contribution in [0.3, 0.4) is 0 Å². The van der Waals surface area contributed by atoms with Gasteiger partial charge >= 0.3 is 0 Å². The largest absolute Gasteiger partial charge is 0.506 e. The summed E-state index contributed by atoms with van der Waals surface area (Å²) in [5.41, 5.74) is 1.10. The second kappa shape index (κ2) is 3.01. The van der Waals surface area contributed by atoms with Gasteiger partial charge in [-0.3, -0.25) is 0 Å². The zero-order valence-electron chi connectivity index (χ0n) is 6.72. The van der Waals surface area contributed by atoms with E-state index >= 15 is 0 Å². The molecule has 0 bridgehead atoms. The van der Waals surface area contributed by atoms with Crippen molar-refractivity contribution in [2.45, 2.75) is 13.8 Å². The molecule has 4 heteroatoms. The van der Waals surface area contributed by atoms with E-state index in [0.717, 1.165) is 0 Å². The summed E-state index contributed by atoms with van der Waals surface area (Å²) in [6, 6.07) is 0. The Morgan fingerprint density at radius 3 is 1.75 bits per heavy atom. The van der Waals surface area contributed by atoms with Gasteiger partial charge in [-0.2, -0.15) is 0 Å². The summed E-state index contributed by atoms with van der Waals surface area (Å²) in [7, 11) is 0. The van der Waals surface area contributed by atoms with Crippen molar-refractivity contribution < 1.29 is 15.3 Å². The van der Waals surface area contributed by atoms with Crippen LogP contribution < -0.4 is 0 Å². The fourth-order valence-corrected chi connectivity index (χ4v) is 1.57. The maximum absolute atomic E-state index is 9.41. The number of phenols is 3. The van der Waals surface area contributed by atoms with E-state index in [-0.39, 0.29) is 20.8 Å². The van der Waals surface area contributed by atoms with Crippen LogP contribution >= 0.6 is 22.6 Å². The smallest absolute Gasteiger partial charge is 0.175 e. The maximum Gasteiger partial charge on any atom is 0.175 e. The van der Waals surface area contributed by atoms with E-state index in [1.807, 2.05) is 0 Å². The van der Waals surface area contributed by atoms with E-state index in [4.69, 9.17) is 0 Å². The molecule has 3 N–H and O–H groups in total. The number of hydrogen-bond acceptors (Lipinski definition) is 3. The zero-order valence-corrected chi connectivity index (χ0v) is 8.88. The fourth-order valence-electron chi connectivity index (χ4n) is 0.914. The molecule has 1 rings (SSSR count). The van der Waals surface area contributed by atoms with Crippen LogP contribution in [0.5, 0.6) is 17.2 Å². The molecule has 0 aromatic heterocycles. The molecule has 12 heavy (non-hydrogen) atoms. The van der Waals surface area contributed by atoms with E-state index in [9.17, 15) is 15.3 Å². The van der Waals surface area contributed by atoms with Crippen LogP contribution in [0.15, 0.2) is 0 Å². The highest BCUT2D eigenvalue weighted by Gasteiger charge is 2.15. The van der Waals surface area contributed by atoms with Gasteiger partial charge < -0.3 is 15.3 Å². The van der Waals surface area contributed by atoms with Gasteiger partial charge in [0.2, 0.25) is 0 Å². The molecule has 0 atom stereocenters. The molecular weight excluding hydrogens is 271 g/mol. The van der Waals surface area contributed by atoms with Crippen molar-refractivity contribution in [2.24, 2.45) is 0 Å². The van der Waals surface area contributed by atoms with E-state index < -0.39 is 0 Å². The normalized spacial score (nSPS) is 10.2. The van der Waals surface area contributed by atoms with Gasteiger partial charge in [0, 0.05) is 5.56 Å². The van der Waals surface area contributed by atoms with Gasteiger partial charge in [0.15, 0.2) is 11.5 Å². The summed E-state index contributed by atoms with van der Waals surface area (Å²) in [5, 5.41) is 28.0. The van der Waals surface area contributed by atoms with E-state index in [0.29, 0.717) is 11.1 Å². The number of phenolic OH excluding ortho intramolecular Hbond substituents is 3. The van der Waals surface area contributed by atoms with Crippen LogP contribution in [-0.4, -0.2) is 15.3 Å². The highest BCUT2D eigenvalue weighted by molar-refractivity contribution is 14.1. The Morgan fingerprint density at radius 1 is 0.833 bits per heavy atom. The lowest BCUT2D eigenvalue weighted by atomic mass is 10.1. The summed E-state index contributed by atoms with van der Waals surface area (Å²) < 4.78 is 0.285. The van der Waals surface area contributed by atoms with Crippen LogP contribution in [-0.2, 0) is 0 Å². The van der Waals surface area contributed by atoms with Crippen LogP contribution in [0.2, 0.25) is 0 Å². The van der Waals surface area contributed by atoms with Gasteiger partial charge in [-0.1, -0.05) is 0 Å². The summed E-state index contributed by atoms with van der Waals surface area (Å²) in [6.07, 6.45) is 0. The van der Waals surface area contributed by atoms with Crippen LogP contribution in [0, 0.1) is 17.4 Å². The molecule has 0 spiro atoms. The van der Waals surface area contributed by atoms with Gasteiger partial charge in [0.1, 0.15) is 9.32 Å². The molecule has 0 aliphatic heterocycles. The minimum atomic E-state index is -0.254. The van der Waals surface area contributed by atoms with Crippen molar-refractivity contribution >= 4 is 22.6 Å². The molecular formula is C8H9IO3. The first-order valence-corrected chi connectivity index (χ1v) is 4.44. The predicted molar refractivity (Wildman–Crippen MR) is 53.6 cm³/mol. The highest BCUT2D eigenvalue weighted by Crippen LogP contribution is 2.41. The second-order valence-corrected chi connectivity index (χ2v) is 3.69. The molecule has 0 fully saturated rings. The van der Waals surface area contributed by atoms with Crippen molar-refractivity contribution in [1.29, 1.82) is 0 Å². The Balaban J connectivity index is 3.60. The van der Waals surface area contributed by atoms with Crippen molar-refractivity contribution in [3.8, 4) is 17.2 Å². The minimum Gasteiger partial charge on any atom is -0.506 e. The lowest BCUT2D eigenvalue weighted by molar-refractivity contribution is 0.388. The van der Waals surface area contributed by atoms with E-state index in [1.54, 1.807) is 36.4 Å². The third-order valence-corrected chi connectivity index (χ3v) is 2.93. The average molecular weight is 280 g/mol. The molecule has 3 nitrogen and oxygen atoms in total. The Kier molecular flexibility index (Phi) is 2.36. The quantitative estimate of drug-likeness (QED) is 0.387. The number of benzene rings is 1. The topological polar surface area (TPSA) is 60.7 Å². The molecule has 1 aromatic carbocycles. The molecule has 0 amide bonds. The standard InChI is InChI=1S/C8H9IO3/c1-3-4(2)7(11)8(12)5(9)6(3)10/h10-12H,1-2H3. The molecule has 0 aliphatic rings. The van der Waals surface area contributed by atoms with Gasteiger partial charge in [-0.05, 0) is 42.0 Å². The molecule has 66 valence electrons.